The van der Waals surface area contributed by atoms with E-state index >= 15 is 0 Å². The van der Waals surface area contributed by atoms with Crippen molar-refractivity contribution in [2.45, 2.75) is 42.2 Å². The van der Waals surface area contributed by atoms with Crippen molar-refractivity contribution in [1.29, 1.82) is 0 Å². The standard InChI is InChI=1S/C18H24N2O10S/c1-9(22)19-15-12(20-31(27,28)11-5-3-10(29-2)4-6-11)7-14(18(25)26)30-17(15)16(24)13(23)8-21/h3-7,12-13,15-17,20-21,23-24H,8H2,1-2H3,(H,19,22)(H,25,26)/t12-,13+,15+,16+,17+/m0/s1. The lowest BCUT2D eigenvalue weighted by Crippen LogP contribution is -2.63. The molecule has 1 heterocycles. The number of methoxy groups -OCH3 is 1. The van der Waals surface area contributed by atoms with Crippen LogP contribution in [0.15, 0.2) is 41.0 Å². The van der Waals surface area contributed by atoms with Gasteiger partial charge >= 0.3 is 5.97 Å². The first-order valence-corrected chi connectivity index (χ1v) is 10.5. The van der Waals surface area contributed by atoms with Crippen molar-refractivity contribution in [2.24, 2.45) is 0 Å². The Balaban J connectivity index is 2.46. The monoisotopic (exact) mass is 460 g/mol. The van der Waals surface area contributed by atoms with Crippen LogP contribution in [0.4, 0.5) is 0 Å². The first kappa shape index (κ1) is 24.6. The van der Waals surface area contributed by atoms with Crippen LogP contribution in [0.25, 0.3) is 0 Å². The molecule has 1 aliphatic heterocycles. The fourth-order valence-corrected chi connectivity index (χ4v) is 4.18. The van der Waals surface area contributed by atoms with E-state index < -0.39 is 64.7 Å². The Bertz CT molecular complexity index is 931. The third kappa shape index (κ3) is 5.92. The van der Waals surface area contributed by atoms with Gasteiger partial charge in [0.05, 0.1) is 30.7 Å². The molecule has 0 unspecified atom stereocenters. The van der Waals surface area contributed by atoms with E-state index in [1.807, 2.05) is 0 Å². The Morgan fingerprint density at radius 1 is 1.23 bits per heavy atom. The Morgan fingerprint density at radius 2 is 1.84 bits per heavy atom. The molecule has 0 bridgehead atoms. The number of ether oxygens (including phenoxy) is 2. The van der Waals surface area contributed by atoms with Gasteiger partial charge in [-0.2, -0.15) is 0 Å². The second-order valence-electron chi connectivity index (χ2n) is 6.71. The second-order valence-corrected chi connectivity index (χ2v) is 8.42. The molecule has 172 valence electrons. The van der Waals surface area contributed by atoms with Crippen LogP contribution in [0.5, 0.6) is 5.75 Å². The molecule has 1 aliphatic rings. The van der Waals surface area contributed by atoms with E-state index in [-0.39, 0.29) is 4.90 Å². The number of amides is 1. The van der Waals surface area contributed by atoms with E-state index in [0.717, 1.165) is 13.0 Å². The molecule has 0 aliphatic carbocycles. The topological polar surface area (TPSA) is 192 Å². The number of sulfonamides is 1. The van der Waals surface area contributed by atoms with Gasteiger partial charge in [0.1, 0.15) is 24.1 Å². The SMILES string of the molecule is COc1ccc(S(=O)(=O)N[C@H]2C=C(C(=O)O)O[C@@H]([C@H](O)[C@H](O)CO)[C@@H]2NC(C)=O)cc1. The summed E-state index contributed by atoms with van der Waals surface area (Å²) in [5.41, 5.74) is 0. The number of benzene rings is 1. The molecular formula is C18H24N2O10S. The largest absolute Gasteiger partial charge is 0.497 e. The van der Waals surface area contributed by atoms with E-state index in [4.69, 9.17) is 14.6 Å². The maximum atomic E-state index is 12.8. The Kier molecular flexibility index (Phi) is 7.97. The van der Waals surface area contributed by atoms with Crippen LogP contribution in [0.3, 0.4) is 0 Å². The summed E-state index contributed by atoms with van der Waals surface area (Å²) in [6, 6.07) is 2.65. The number of rotatable bonds is 9. The van der Waals surface area contributed by atoms with Crippen molar-refractivity contribution in [3.8, 4) is 5.75 Å². The highest BCUT2D eigenvalue weighted by atomic mass is 32.2. The number of aliphatic carboxylic acids is 1. The summed E-state index contributed by atoms with van der Waals surface area (Å²) in [4.78, 5) is 23.0. The minimum atomic E-state index is -4.22. The normalized spacial score (nSPS) is 23.1. The molecule has 0 saturated carbocycles. The number of aliphatic hydroxyl groups excluding tert-OH is 3. The maximum absolute atomic E-state index is 12.8. The van der Waals surface area contributed by atoms with Gasteiger partial charge in [-0.25, -0.2) is 17.9 Å². The summed E-state index contributed by atoms with van der Waals surface area (Å²) < 4.78 is 38.1. The molecule has 0 saturated heterocycles. The molecule has 1 aromatic carbocycles. The van der Waals surface area contributed by atoms with E-state index in [1.165, 1.54) is 31.4 Å². The first-order valence-electron chi connectivity index (χ1n) is 9.02. The molecule has 0 radical (unpaired) electrons. The van der Waals surface area contributed by atoms with E-state index in [2.05, 4.69) is 10.0 Å². The van der Waals surface area contributed by atoms with Crippen LogP contribution in [-0.2, 0) is 24.3 Å². The summed E-state index contributed by atoms with van der Waals surface area (Å²) in [6.45, 7) is 0.236. The van der Waals surface area contributed by atoms with E-state index in [9.17, 15) is 33.3 Å². The van der Waals surface area contributed by atoms with Crippen LogP contribution in [0.2, 0.25) is 0 Å². The molecule has 0 aromatic heterocycles. The third-order valence-corrected chi connectivity index (χ3v) is 5.97. The lowest BCUT2D eigenvalue weighted by Gasteiger charge is -2.39. The number of nitrogens with one attached hydrogen (secondary N) is 2. The maximum Gasteiger partial charge on any atom is 0.370 e. The van der Waals surface area contributed by atoms with Crippen LogP contribution in [-0.4, -0.2) is 84.8 Å². The van der Waals surface area contributed by atoms with Crippen LogP contribution in [0, 0.1) is 0 Å². The van der Waals surface area contributed by atoms with Gasteiger partial charge in [0.2, 0.25) is 21.7 Å². The number of carbonyl (C=O) groups is 2. The zero-order chi connectivity index (χ0) is 23.3. The van der Waals surface area contributed by atoms with Crippen LogP contribution >= 0.6 is 0 Å². The van der Waals surface area contributed by atoms with Gasteiger partial charge in [0.15, 0.2) is 0 Å². The molecule has 1 amide bonds. The van der Waals surface area contributed by atoms with Gasteiger partial charge in [0, 0.05) is 6.92 Å². The lowest BCUT2D eigenvalue weighted by molar-refractivity contribution is -0.146. The molecule has 0 fully saturated rings. The second kappa shape index (κ2) is 10.1. The van der Waals surface area contributed by atoms with E-state index in [0.29, 0.717) is 5.75 Å². The average Bonchev–Trinajstić information content (AvgIpc) is 2.73. The molecule has 6 N–H and O–H groups in total. The summed E-state index contributed by atoms with van der Waals surface area (Å²) in [7, 11) is -2.81. The van der Waals surface area contributed by atoms with Gasteiger partial charge in [-0.3, -0.25) is 4.79 Å². The predicted octanol–water partition coefficient (Wildman–Crippen LogP) is -2.07. The number of hydrogen-bond donors (Lipinski definition) is 6. The number of hydrogen-bond acceptors (Lipinski definition) is 9. The number of carboxylic acids is 1. The third-order valence-electron chi connectivity index (χ3n) is 4.49. The van der Waals surface area contributed by atoms with Crippen molar-refractivity contribution in [2.75, 3.05) is 13.7 Å². The first-order chi connectivity index (χ1) is 14.5. The summed E-state index contributed by atoms with van der Waals surface area (Å²) in [5.74, 6) is -2.50. The predicted molar refractivity (Wildman–Crippen MR) is 104 cm³/mol. The van der Waals surface area contributed by atoms with Gasteiger partial charge in [-0.15, -0.1) is 0 Å². The van der Waals surface area contributed by atoms with Crippen molar-refractivity contribution in [1.82, 2.24) is 10.0 Å². The van der Waals surface area contributed by atoms with E-state index in [1.54, 1.807) is 0 Å². The molecular weight excluding hydrogens is 436 g/mol. The number of carboxylic acid groups (broad SMARTS) is 1. The molecule has 13 heteroatoms. The molecule has 31 heavy (non-hydrogen) atoms. The molecule has 2 rings (SSSR count). The van der Waals surface area contributed by atoms with Crippen LogP contribution < -0.4 is 14.8 Å². The minimum absolute atomic E-state index is 0.167. The molecule has 0 spiro atoms. The Morgan fingerprint density at radius 3 is 2.32 bits per heavy atom. The lowest BCUT2D eigenvalue weighted by atomic mass is 9.92. The van der Waals surface area contributed by atoms with Gasteiger partial charge in [0.25, 0.3) is 0 Å². The zero-order valence-electron chi connectivity index (χ0n) is 16.6. The Hall–Kier alpha value is -2.71. The summed E-state index contributed by atoms with van der Waals surface area (Å²) in [5, 5.41) is 40.9. The summed E-state index contributed by atoms with van der Waals surface area (Å²) >= 11 is 0. The van der Waals surface area contributed by atoms with Gasteiger partial charge in [-0.05, 0) is 30.3 Å². The average molecular weight is 460 g/mol. The molecule has 12 nitrogen and oxygen atoms in total. The minimum Gasteiger partial charge on any atom is -0.497 e. The molecule has 1 aromatic rings. The van der Waals surface area contributed by atoms with Gasteiger partial charge in [-0.1, -0.05) is 0 Å². The van der Waals surface area contributed by atoms with Crippen molar-refractivity contribution < 1.29 is 47.9 Å². The zero-order valence-corrected chi connectivity index (χ0v) is 17.4. The smallest absolute Gasteiger partial charge is 0.370 e. The Labute approximate surface area is 178 Å². The fraction of sp³-hybridized carbons (Fsp3) is 0.444. The number of carbonyl (C=O) groups excluding carboxylic acids is 1. The quantitative estimate of drug-likeness (QED) is 0.238. The highest BCUT2D eigenvalue weighted by Gasteiger charge is 2.44. The van der Waals surface area contributed by atoms with Gasteiger partial charge < -0.3 is 35.2 Å². The van der Waals surface area contributed by atoms with Crippen molar-refractivity contribution in [3.63, 3.8) is 0 Å². The highest BCUT2D eigenvalue weighted by molar-refractivity contribution is 7.89. The van der Waals surface area contributed by atoms with Crippen molar-refractivity contribution in [3.05, 3.63) is 36.1 Å². The fourth-order valence-electron chi connectivity index (χ4n) is 2.98. The summed E-state index contributed by atoms with van der Waals surface area (Å²) in [6.07, 6.45) is -4.25. The van der Waals surface area contributed by atoms with Crippen molar-refractivity contribution >= 4 is 21.9 Å². The van der Waals surface area contributed by atoms with Crippen LogP contribution in [0.1, 0.15) is 6.92 Å². The highest BCUT2D eigenvalue weighted by Crippen LogP contribution is 2.25. The molecule has 5 atom stereocenters. The number of aliphatic hydroxyl groups is 3.